The number of hydrogen-bond donors (Lipinski definition) is 1. The highest BCUT2D eigenvalue weighted by Crippen LogP contribution is 2.26. The van der Waals surface area contributed by atoms with Crippen LogP contribution in [0.2, 0.25) is 0 Å². The van der Waals surface area contributed by atoms with Crippen molar-refractivity contribution in [1.82, 2.24) is 34.8 Å². The number of rotatable bonds is 4. The number of benzene rings is 1. The predicted molar refractivity (Wildman–Crippen MR) is 114 cm³/mol. The maximum Gasteiger partial charge on any atom is 0.257 e. The molecule has 31 heavy (non-hydrogen) atoms. The first-order chi connectivity index (χ1) is 15.0. The highest BCUT2D eigenvalue weighted by Gasteiger charge is 2.35. The van der Waals surface area contributed by atoms with Crippen molar-refractivity contribution in [1.29, 1.82) is 0 Å². The van der Waals surface area contributed by atoms with E-state index in [4.69, 9.17) is 0 Å². The molecule has 2 aromatic heterocycles. The Kier molecular flexibility index (Phi) is 5.83. The zero-order valence-corrected chi connectivity index (χ0v) is 18.1. The topological polar surface area (TPSA) is 100 Å². The maximum absolute atomic E-state index is 13.4. The number of carbonyl (C=O) groups excluding carboxylic acids is 2. The molecule has 9 heteroatoms. The quantitative estimate of drug-likeness (QED) is 0.697. The van der Waals surface area contributed by atoms with Crippen molar-refractivity contribution >= 4 is 11.8 Å². The summed E-state index contributed by atoms with van der Waals surface area (Å²) in [4.78, 5) is 34.7. The zero-order chi connectivity index (χ0) is 22.0. The van der Waals surface area contributed by atoms with Crippen molar-refractivity contribution in [2.45, 2.75) is 39.8 Å². The number of nitrogens with zero attached hydrogens (tertiary/aromatic N) is 6. The molecular formula is C22H27N7O2. The molecule has 0 spiro atoms. The van der Waals surface area contributed by atoms with Crippen molar-refractivity contribution in [2.24, 2.45) is 0 Å². The van der Waals surface area contributed by atoms with Gasteiger partial charge in [0.1, 0.15) is 11.9 Å². The van der Waals surface area contributed by atoms with Gasteiger partial charge in [-0.3, -0.25) is 19.4 Å². The molecule has 9 nitrogen and oxygen atoms in total. The number of nitrogens with one attached hydrogen (secondary N) is 1. The summed E-state index contributed by atoms with van der Waals surface area (Å²) < 4.78 is 1.81. The van der Waals surface area contributed by atoms with Gasteiger partial charge < -0.3 is 9.80 Å². The van der Waals surface area contributed by atoms with E-state index in [1.54, 1.807) is 28.1 Å². The first-order valence-electron chi connectivity index (χ1n) is 10.6. The van der Waals surface area contributed by atoms with E-state index in [2.05, 4.69) is 20.3 Å². The second kappa shape index (κ2) is 8.71. The summed E-state index contributed by atoms with van der Waals surface area (Å²) in [6.45, 7) is 7.82. The fourth-order valence-corrected chi connectivity index (χ4v) is 4.04. The summed E-state index contributed by atoms with van der Waals surface area (Å²) in [6.07, 6.45) is 2.30. The number of amides is 2. The summed E-state index contributed by atoms with van der Waals surface area (Å²) in [7, 11) is 0. The van der Waals surface area contributed by atoms with Crippen LogP contribution in [0.4, 0.5) is 0 Å². The Morgan fingerprint density at radius 3 is 2.55 bits per heavy atom. The summed E-state index contributed by atoms with van der Waals surface area (Å²) in [5.74, 6) is 1.02. The Bertz CT molecular complexity index is 1070. The van der Waals surface area contributed by atoms with Gasteiger partial charge >= 0.3 is 0 Å². The van der Waals surface area contributed by atoms with Gasteiger partial charge in [0.25, 0.3) is 11.8 Å². The Balaban J connectivity index is 1.66. The van der Waals surface area contributed by atoms with E-state index < -0.39 is 6.04 Å². The molecule has 3 heterocycles. The summed E-state index contributed by atoms with van der Waals surface area (Å²) in [5.41, 5.74) is 2.05. The van der Waals surface area contributed by atoms with Crippen LogP contribution in [0.3, 0.4) is 0 Å². The van der Waals surface area contributed by atoms with Crippen molar-refractivity contribution in [3.8, 4) is 0 Å². The predicted octanol–water partition coefficient (Wildman–Crippen LogP) is 2.37. The molecule has 1 fully saturated rings. The second-order valence-electron chi connectivity index (χ2n) is 7.72. The minimum atomic E-state index is -0.439. The average molecular weight is 422 g/mol. The molecule has 1 unspecified atom stereocenters. The van der Waals surface area contributed by atoms with Crippen molar-refractivity contribution in [2.75, 3.05) is 19.6 Å². The number of carbonyl (C=O) groups is 2. The van der Waals surface area contributed by atoms with Crippen LogP contribution in [0.15, 0.2) is 36.5 Å². The minimum Gasteiger partial charge on any atom is -0.336 e. The molecule has 0 bridgehead atoms. The fraction of sp³-hybridized carbons (Fsp3) is 0.409. The Hall–Kier alpha value is -3.49. The molecular weight excluding hydrogens is 394 g/mol. The van der Waals surface area contributed by atoms with Crippen molar-refractivity contribution in [3.05, 3.63) is 65.0 Å². The lowest BCUT2D eigenvalue weighted by Crippen LogP contribution is -2.40. The molecule has 2 amide bonds. The van der Waals surface area contributed by atoms with E-state index in [9.17, 15) is 9.59 Å². The van der Waals surface area contributed by atoms with Crippen LogP contribution in [-0.2, 0) is 6.54 Å². The summed E-state index contributed by atoms with van der Waals surface area (Å²) in [6, 6.07) is 8.75. The van der Waals surface area contributed by atoms with E-state index in [-0.39, 0.29) is 11.8 Å². The highest BCUT2D eigenvalue weighted by molar-refractivity contribution is 5.96. The molecule has 1 aliphatic rings. The van der Waals surface area contributed by atoms with Crippen LogP contribution in [0.1, 0.15) is 57.4 Å². The lowest BCUT2D eigenvalue weighted by Gasteiger charge is -2.30. The molecule has 1 N–H and O–H groups in total. The van der Waals surface area contributed by atoms with Gasteiger partial charge in [-0.05, 0) is 39.3 Å². The van der Waals surface area contributed by atoms with Gasteiger partial charge in [-0.2, -0.15) is 10.2 Å². The Morgan fingerprint density at radius 2 is 1.90 bits per heavy atom. The van der Waals surface area contributed by atoms with E-state index >= 15 is 0 Å². The van der Waals surface area contributed by atoms with Crippen LogP contribution in [0.5, 0.6) is 0 Å². The number of aryl methyl sites for hydroxylation is 2. The summed E-state index contributed by atoms with van der Waals surface area (Å²) in [5, 5.41) is 11.5. The van der Waals surface area contributed by atoms with Crippen LogP contribution in [0.25, 0.3) is 0 Å². The van der Waals surface area contributed by atoms with Crippen LogP contribution in [0, 0.1) is 13.8 Å². The van der Waals surface area contributed by atoms with Crippen LogP contribution in [-0.4, -0.2) is 66.2 Å². The second-order valence-corrected chi connectivity index (χ2v) is 7.72. The van der Waals surface area contributed by atoms with Gasteiger partial charge in [0.05, 0.1) is 11.8 Å². The van der Waals surface area contributed by atoms with Gasteiger partial charge in [-0.15, -0.1) is 0 Å². The average Bonchev–Trinajstić information content (AvgIpc) is 3.31. The molecule has 162 valence electrons. The van der Waals surface area contributed by atoms with Gasteiger partial charge in [0.15, 0.2) is 5.82 Å². The molecule has 4 rings (SSSR count). The molecule has 1 aromatic carbocycles. The molecule has 1 saturated heterocycles. The third-order valence-corrected chi connectivity index (χ3v) is 5.71. The first-order valence-corrected chi connectivity index (χ1v) is 10.6. The Labute approximate surface area is 181 Å². The standard InChI is InChI=1S/C22H27N7O2/c1-4-29-15(2)18(13-23-29)22(31)27-11-8-12-28(21(30)17-9-6-5-7-10-17)19(14-27)20-24-16(3)25-26-20/h5-7,9-10,13,19H,4,8,11-12,14H2,1-3H3,(H,24,25,26). The molecule has 0 aliphatic carbocycles. The minimum absolute atomic E-state index is 0.0801. The fourth-order valence-electron chi connectivity index (χ4n) is 4.04. The van der Waals surface area contributed by atoms with Crippen molar-refractivity contribution in [3.63, 3.8) is 0 Å². The first kappa shape index (κ1) is 20.8. The van der Waals surface area contributed by atoms with Gasteiger partial charge in [-0.1, -0.05) is 18.2 Å². The van der Waals surface area contributed by atoms with E-state index in [1.807, 2.05) is 43.7 Å². The molecule has 3 aromatic rings. The van der Waals surface area contributed by atoms with Gasteiger partial charge in [0.2, 0.25) is 0 Å². The van der Waals surface area contributed by atoms with E-state index in [0.29, 0.717) is 55.4 Å². The van der Waals surface area contributed by atoms with Crippen molar-refractivity contribution < 1.29 is 9.59 Å². The molecule has 0 radical (unpaired) electrons. The van der Waals surface area contributed by atoms with E-state index in [1.165, 1.54) is 0 Å². The monoisotopic (exact) mass is 421 g/mol. The lowest BCUT2D eigenvalue weighted by atomic mass is 10.1. The number of H-pyrrole nitrogens is 1. The Morgan fingerprint density at radius 1 is 1.13 bits per heavy atom. The third-order valence-electron chi connectivity index (χ3n) is 5.71. The maximum atomic E-state index is 13.4. The number of hydrogen-bond acceptors (Lipinski definition) is 5. The van der Waals surface area contributed by atoms with Gasteiger partial charge in [0, 0.05) is 37.4 Å². The lowest BCUT2D eigenvalue weighted by molar-refractivity contribution is 0.0622. The zero-order valence-electron chi connectivity index (χ0n) is 18.1. The highest BCUT2D eigenvalue weighted by atomic mass is 16.2. The number of aromatic amines is 1. The normalized spacial score (nSPS) is 16.9. The SMILES string of the molecule is CCn1ncc(C(=O)N2CCCN(C(=O)c3ccccc3)C(c3n[nH]c(C)n3)C2)c1C. The van der Waals surface area contributed by atoms with Crippen LogP contribution < -0.4 is 0 Å². The largest absolute Gasteiger partial charge is 0.336 e. The summed E-state index contributed by atoms with van der Waals surface area (Å²) >= 11 is 0. The van der Waals surface area contributed by atoms with Gasteiger partial charge in [-0.25, -0.2) is 4.98 Å². The molecule has 1 aliphatic heterocycles. The third kappa shape index (κ3) is 4.08. The van der Waals surface area contributed by atoms with Crippen LogP contribution >= 0.6 is 0 Å². The smallest absolute Gasteiger partial charge is 0.257 e. The molecule has 1 atom stereocenters. The molecule has 0 saturated carbocycles. The van der Waals surface area contributed by atoms with E-state index in [0.717, 1.165) is 5.69 Å². The number of aromatic nitrogens is 5.